The van der Waals surface area contributed by atoms with Crippen LogP contribution in [-0.2, 0) is 16.1 Å². The lowest BCUT2D eigenvalue weighted by Gasteiger charge is -2.30. The Bertz CT molecular complexity index is 979. The van der Waals surface area contributed by atoms with E-state index in [0.29, 0.717) is 10.6 Å². The molecule has 1 aliphatic heterocycles. The quantitative estimate of drug-likeness (QED) is 0.416. The van der Waals surface area contributed by atoms with Gasteiger partial charge in [-0.3, -0.25) is 24.5 Å². The van der Waals surface area contributed by atoms with Crippen LogP contribution in [-0.4, -0.2) is 32.7 Å². The summed E-state index contributed by atoms with van der Waals surface area (Å²) in [4.78, 5) is 47.8. The molecule has 0 saturated carbocycles. The van der Waals surface area contributed by atoms with Crippen molar-refractivity contribution >= 4 is 46.6 Å². The lowest BCUT2D eigenvalue weighted by molar-refractivity contribution is -0.384. The fraction of sp³-hybridized carbons (Fsp3) is 0.167. The van der Waals surface area contributed by atoms with Crippen molar-refractivity contribution in [3.8, 4) is 0 Å². The molecule has 28 heavy (non-hydrogen) atoms. The number of rotatable bonds is 5. The number of benzene rings is 2. The minimum atomic E-state index is -0.724. The van der Waals surface area contributed by atoms with E-state index in [0.717, 1.165) is 16.1 Å². The van der Waals surface area contributed by atoms with Crippen LogP contribution >= 0.6 is 23.2 Å². The van der Waals surface area contributed by atoms with Crippen molar-refractivity contribution in [2.75, 3.05) is 0 Å². The largest absolute Gasteiger partial charge is 0.273 e. The van der Waals surface area contributed by atoms with Gasteiger partial charge in [0, 0.05) is 30.5 Å². The van der Waals surface area contributed by atoms with Gasteiger partial charge >= 0.3 is 0 Å². The van der Waals surface area contributed by atoms with Gasteiger partial charge in [-0.1, -0.05) is 35.3 Å². The molecule has 2 aromatic rings. The predicted molar refractivity (Wildman–Crippen MR) is 101 cm³/mol. The molecule has 1 fully saturated rings. The molecule has 0 N–H and O–H groups in total. The molecule has 0 radical (unpaired) electrons. The highest BCUT2D eigenvalue weighted by Crippen LogP contribution is 2.26. The van der Waals surface area contributed by atoms with E-state index in [1.807, 2.05) is 0 Å². The molecular weight excluding hydrogens is 409 g/mol. The van der Waals surface area contributed by atoms with E-state index in [-0.39, 0.29) is 35.7 Å². The van der Waals surface area contributed by atoms with Crippen molar-refractivity contribution in [2.24, 2.45) is 0 Å². The molecule has 0 atom stereocenters. The highest BCUT2D eigenvalue weighted by Gasteiger charge is 2.37. The van der Waals surface area contributed by atoms with Gasteiger partial charge in [0.15, 0.2) is 0 Å². The second kappa shape index (κ2) is 7.95. The third kappa shape index (κ3) is 3.97. The van der Waals surface area contributed by atoms with Crippen molar-refractivity contribution in [1.82, 2.24) is 10.0 Å². The van der Waals surface area contributed by atoms with Gasteiger partial charge < -0.3 is 0 Å². The maximum atomic E-state index is 13.1. The lowest BCUT2D eigenvalue weighted by atomic mass is 10.1. The fourth-order valence-corrected chi connectivity index (χ4v) is 3.10. The highest BCUT2D eigenvalue weighted by molar-refractivity contribution is 6.42. The number of carbonyl (C=O) groups is 3. The Morgan fingerprint density at radius 1 is 1.07 bits per heavy atom. The number of nitro benzene ring substituents is 1. The summed E-state index contributed by atoms with van der Waals surface area (Å²) in [7, 11) is 0. The monoisotopic (exact) mass is 421 g/mol. The standard InChI is InChI=1S/C18H13Cl2N3O5/c19-14-5-4-11(8-15(14)20)10-21(22-16(24)6-7-17(22)25)18(26)12-2-1-3-13(9-12)23(27)28/h1-5,8-9H,6-7,10H2. The maximum Gasteiger partial charge on any atom is 0.273 e. The molecule has 2 aromatic carbocycles. The normalized spacial score (nSPS) is 13.7. The van der Waals surface area contributed by atoms with Gasteiger partial charge in [-0.15, -0.1) is 0 Å². The van der Waals surface area contributed by atoms with E-state index in [2.05, 4.69) is 0 Å². The summed E-state index contributed by atoms with van der Waals surface area (Å²) in [5.74, 6) is -1.77. The number of halogens is 2. The number of carbonyl (C=O) groups excluding carboxylic acids is 3. The summed E-state index contributed by atoms with van der Waals surface area (Å²) in [5, 5.41) is 13.3. The summed E-state index contributed by atoms with van der Waals surface area (Å²) in [5.41, 5.74) is 0.224. The molecular formula is C18H13Cl2N3O5. The molecule has 1 heterocycles. The molecule has 0 bridgehead atoms. The summed E-state index contributed by atoms with van der Waals surface area (Å²) < 4.78 is 0. The van der Waals surface area contributed by atoms with Gasteiger partial charge in [-0.05, 0) is 23.8 Å². The number of nitro groups is 1. The van der Waals surface area contributed by atoms with Gasteiger partial charge in [0.25, 0.3) is 11.6 Å². The number of imide groups is 1. The SMILES string of the molecule is O=C(c1cccc([N+](=O)[O-])c1)N(Cc1ccc(Cl)c(Cl)c1)N1C(=O)CCC1=O. The zero-order valence-corrected chi connectivity index (χ0v) is 15.8. The first-order chi connectivity index (χ1) is 13.3. The van der Waals surface area contributed by atoms with Crippen LogP contribution in [0.5, 0.6) is 0 Å². The number of hydrazine groups is 1. The smallest absolute Gasteiger partial charge is 0.273 e. The van der Waals surface area contributed by atoms with Crippen LogP contribution < -0.4 is 0 Å². The van der Waals surface area contributed by atoms with E-state index < -0.39 is 22.6 Å². The van der Waals surface area contributed by atoms with E-state index in [1.54, 1.807) is 6.07 Å². The Hall–Kier alpha value is -2.97. The van der Waals surface area contributed by atoms with Crippen molar-refractivity contribution in [3.05, 3.63) is 73.8 Å². The van der Waals surface area contributed by atoms with Crippen LogP contribution in [0.3, 0.4) is 0 Å². The van der Waals surface area contributed by atoms with E-state index in [4.69, 9.17) is 23.2 Å². The van der Waals surface area contributed by atoms with Crippen molar-refractivity contribution in [2.45, 2.75) is 19.4 Å². The van der Waals surface area contributed by atoms with Gasteiger partial charge in [0.1, 0.15) is 0 Å². The van der Waals surface area contributed by atoms with Crippen LogP contribution in [0.25, 0.3) is 0 Å². The Morgan fingerprint density at radius 2 is 1.75 bits per heavy atom. The summed E-state index contributed by atoms with van der Waals surface area (Å²) in [6.07, 6.45) is -0.0299. The van der Waals surface area contributed by atoms with E-state index >= 15 is 0 Å². The highest BCUT2D eigenvalue weighted by atomic mass is 35.5. The second-order valence-corrected chi connectivity index (χ2v) is 6.83. The number of hydrogen-bond acceptors (Lipinski definition) is 5. The number of hydrogen-bond donors (Lipinski definition) is 0. The zero-order chi connectivity index (χ0) is 20.4. The zero-order valence-electron chi connectivity index (χ0n) is 14.3. The summed E-state index contributed by atoms with van der Waals surface area (Å²) >= 11 is 11.9. The molecule has 144 valence electrons. The summed E-state index contributed by atoms with van der Waals surface area (Å²) in [6.45, 7) is -0.143. The number of amides is 3. The molecule has 10 heteroatoms. The lowest BCUT2D eigenvalue weighted by Crippen LogP contribution is -2.48. The molecule has 1 saturated heterocycles. The third-order valence-corrected chi connectivity index (χ3v) is 4.86. The first-order valence-corrected chi connectivity index (χ1v) is 8.89. The van der Waals surface area contributed by atoms with E-state index in [9.17, 15) is 24.5 Å². The first-order valence-electron chi connectivity index (χ1n) is 8.14. The minimum Gasteiger partial charge on any atom is -0.273 e. The predicted octanol–water partition coefficient (Wildman–Crippen LogP) is 3.61. The average Bonchev–Trinajstić information content (AvgIpc) is 3.00. The van der Waals surface area contributed by atoms with Crippen molar-refractivity contribution < 1.29 is 19.3 Å². The topological polar surface area (TPSA) is 101 Å². The van der Waals surface area contributed by atoms with Gasteiger partial charge in [-0.2, -0.15) is 5.01 Å². The van der Waals surface area contributed by atoms with Gasteiger partial charge in [-0.25, -0.2) is 5.01 Å². The third-order valence-electron chi connectivity index (χ3n) is 4.12. The van der Waals surface area contributed by atoms with Crippen molar-refractivity contribution in [3.63, 3.8) is 0 Å². The molecule has 3 rings (SSSR count). The number of non-ortho nitro benzene ring substituents is 1. The molecule has 0 spiro atoms. The molecule has 3 amide bonds. The Balaban J connectivity index is 2.00. The van der Waals surface area contributed by atoms with Crippen molar-refractivity contribution in [1.29, 1.82) is 0 Å². The Labute approximate surface area is 169 Å². The Kier molecular flexibility index (Phi) is 5.62. The summed E-state index contributed by atoms with van der Waals surface area (Å²) in [6, 6.07) is 9.72. The van der Waals surface area contributed by atoms with Crippen LogP contribution in [0.1, 0.15) is 28.8 Å². The Morgan fingerprint density at radius 3 is 2.36 bits per heavy atom. The average molecular weight is 422 g/mol. The van der Waals surface area contributed by atoms with Gasteiger partial charge in [0.2, 0.25) is 11.8 Å². The van der Waals surface area contributed by atoms with Crippen LogP contribution in [0.2, 0.25) is 10.0 Å². The molecule has 0 unspecified atom stereocenters. The fourth-order valence-electron chi connectivity index (χ4n) is 2.78. The minimum absolute atomic E-state index is 0.0150. The van der Waals surface area contributed by atoms with Gasteiger partial charge in [0.05, 0.1) is 21.5 Å². The molecule has 1 aliphatic rings. The number of nitrogens with zero attached hydrogens (tertiary/aromatic N) is 3. The second-order valence-electron chi connectivity index (χ2n) is 6.02. The molecule has 0 aromatic heterocycles. The maximum absolute atomic E-state index is 13.1. The first kappa shape index (κ1) is 19.8. The molecule has 8 nitrogen and oxygen atoms in total. The molecule has 0 aliphatic carbocycles. The van der Waals surface area contributed by atoms with E-state index in [1.165, 1.54) is 30.3 Å². The van der Waals surface area contributed by atoms with Crippen LogP contribution in [0.15, 0.2) is 42.5 Å². The van der Waals surface area contributed by atoms with Crippen LogP contribution in [0, 0.1) is 10.1 Å². The van der Waals surface area contributed by atoms with Crippen LogP contribution in [0.4, 0.5) is 5.69 Å².